The summed E-state index contributed by atoms with van der Waals surface area (Å²) in [5, 5.41) is 8.28. The van der Waals surface area contributed by atoms with E-state index in [2.05, 4.69) is 6.58 Å². The van der Waals surface area contributed by atoms with Gasteiger partial charge >= 0.3 is 0 Å². The molecule has 0 aromatic carbocycles. The fraction of sp³-hybridized carbons (Fsp3) is 0.333. The topological polar surface area (TPSA) is 80.4 Å². The number of aliphatic hydroxyl groups is 1. The Labute approximate surface area is 58.3 Å². The number of amides is 1. The molecule has 4 nitrogen and oxygen atoms in total. The van der Waals surface area contributed by atoms with Crippen LogP contribution in [0.3, 0.4) is 0 Å². The van der Waals surface area contributed by atoms with Gasteiger partial charge in [0.05, 0.1) is 0 Å². The third kappa shape index (κ3) is 1.99. The minimum absolute atomic E-state index is 0.623. The van der Waals surface area contributed by atoms with Gasteiger partial charge in [-0.1, -0.05) is 6.08 Å². The maximum Gasteiger partial charge on any atom is 0.231 e. The Bertz CT molecular complexity index is 164. The number of hydrogen-bond acceptors (Lipinski definition) is 3. The minimum atomic E-state index is -1.05. The van der Waals surface area contributed by atoms with Gasteiger partial charge in [0, 0.05) is 0 Å². The first-order valence-corrected chi connectivity index (χ1v) is 2.69. The summed E-state index contributed by atoms with van der Waals surface area (Å²) in [5.41, 5.74) is 4.78. The Morgan fingerprint density at radius 2 is 2.20 bits per heavy atom. The Hall–Kier alpha value is -1.16. The van der Waals surface area contributed by atoms with Gasteiger partial charge in [0.1, 0.15) is 12.5 Å². The van der Waals surface area contributed by atoms with E-state index in [9.17, 15) is 9.59 Å². The molecule has 0 saturated heterocycles. The van der Waals surface area contributed by atoms with Crippen LogP contribution in [0.4, 0.5) is 0 Å². The van der Waals surface area contributed by atoms with Crippen molar-refractivity contribution < 1.29 is 14.7 Å². The Kier molecular flexibility index (Phi) is 3.35. The molecule has 10 heavy (non-hydrogen) atoms. The van der Waals surface area contributed by atoms with Crippen LogP contribution in [0.15, 0.2) is 12.7 Å². The molecule has 3 N–H and O–H groups in total. The molecular formula is C6H9NO3. The van der Waals surface area contributed by atoms with Gasteiger partial charge in [-0.3, -0.25) is 9.59 Å². The number of primary amides is 1. The van der Waals surface area contributed by atoms with E-state index in [1.165, 1.54) is 0 Å². The van der Waals surface area contributed by atoms with Crippen LogP contribution in [0, 0.1) is 5.92 Å². The summed E-state index contributed by atoms with van der Waals surface area (Å²) in [6, 6.07) is 0. The number of nitrogens with two attached hydrogens (primary N) is 1. The summed E-state index contributed by atoms with van der Waals surface area (Å²) in [4.78, 5) is 20.9. The maximum absolute atomic E-state index is 10.6. The summed E-state index contributed by atoms with van der Waals surface area (Å²) >= 11 is 0. The van der Waals surface area contributed by atoms with Crippen LogP contribution in [0.25, 0.3) is 0 Å². The first-order valence-electron chi connectivity index (χ1n) is 2.69. The summed E-state index contributed by atoms with van der Waals surface area (Å²) in [6.45, 7) is 2.54. The smallest absolute Gasteiger partial charge is 0.231 e. The van der Waals surface area contributed by atoms with Crippen molar-refractivity contribution in [1.82, 2.24) is 0 Å². The number of rotatable bonds is 4. The minimum Gasteiger partial charge on any atom is -0.389 e. The van der Waals surface area contributed by atoms with E-state index in [0.717, 1.165) is 6.08 Å². The molecule has 1 unspecified atom stereocenters. The molecule has 0 heterocycles. The van der Waals surface area contributed by atoms with Crippen molar-refractivity contribution in [3.05, 3.63) is 12.7 Å². The Morgan fingerprint density at radius 1 is 1.70 bits per heavy atom. The molecule has 0 radical (unpaired) electrons. The lowest BCUT2D eigenvalue weighted by molar-refractivity contribution is -0.131. The van der Waals surface area contributed by atoms with Gasteiger partial charge in [0.25, 0.3) is 0 Å². The number of hydrogen-bond donors (Lipinski definition) is 2. The van der Waals surface area contributed by atoms with Gasteiger partial charge in [-0.05, 0) is 0 Å². The molecular weight excluding hydrogens is 134 g/mol. The highest BCUT2D eigenvalue weighted by molar-refractivity contribution is 6.02. The lowest BCUT2D eigenvalue weighted by Crippen LogP contribution is -2.30. The molecule has 56 valence electrons. The van der Waals surface area contributed by atoms with Crippen molar-refractivity contribution in [2.45, 2.75) is 0 Å². The van der Waals surface area contributed by atoms with Crippen LogP contribution in [-0.2, 0) is 9.59 Å². The molecule has 0 aromatic heterocycles. The van der Waals surface area contributed by atoms with E-state index < -0.39 is 24.2 Å². The van der Waals surface area contributed by atoms with Gasteiger partial charge in [-0.15, -0.1) is 6.58 Å². The molecule has 0 bridgehead atoms. The van der Waals surface area contributed by atoms with E-state index in [4.69, 9.17) is 10.8 Å². The largest absolute Gasteiger partial charge is 0.389 e. The molecule has 0 aliphatic heterocycles. The molecule has 0 aliphatic carbocycles. The molecule has 0 aliphatic rings. The van der Waals surface area contributed by atoms with Crippen molar-refractivity contribution in [3.63, 3.8) is 0 Å². The molecule has 0 fully saturated rings. The summed E-state index contributed by atoms with van der Waals surface area (Å²) in [6.07, 6.45) is 1.11. The molecule has 0 saturated carbocycles. The van der Waals surface area contributed by atoms with Gasteiger partial charge in [0.15, 0.2) is 5.78 Å². The van der Waals surface area contributed by atoms with Crippen molar-refractivity contribution in [1.29, 1.82) is 0 Å². The standard InChI is InChI=1S/C6H9NO3/c1-2-4(6(7)10)5(9)3-8/h2,4,8H,1,3H2,(H2,7,10). The predicted molar refractivity (Wildman–Crippen MR) is 35.0 cm³/mol. The molecule has 1 atom stereocenters. The number of carbonyl (C=O) groups excluding carboxylic acids is 2. The zero-order valence-electron chi connectivity index (χ0n) is 5.41. The van der Waals surface area contributed by atoms with E-state index in [-0.39, 0.29) is 0 Å². The molecule has 0 aromatic rings. The second-order valence-corrected chi connectivity index (χ2v) is 1.74. The van der Waals surface area contributed by atoms with Crippen molar-refractivity contribution in [3.8, 4) is 0 Å². The lowest BCUT2D eigenvalue weighted by atomic mass is 10.1. The van der Waals surface area contributed by atoms with E-state index >= 15 is 0 Å². The number of aliphatic hydroxyl groups excluding tert-OH is 1. The van der Waals surface area contributed by atoms with E-state index in [1.807, 2.05) is 0 Å². The molecule has 0 rings (SSSR count). The highest BCUT2D eigenvalue weighted by atomic mass is 16.3. The summed E-state index contributed by atoms with van der Waals surface area (Å²) in [5.74, 6) is -2.46. The van der Waals surface area contributed by atoms with Crippen molar-refractivity contribution in [2.24, 2.45) is 11.7 Å². The van der Waals surface area contributed by atoms with Crippen LogP contribution < -0.4 is 5.73 Å². The third-order valence-electron chi connectivity index (χ3n) is 1.04. The first-order chi connectivity index (χ1) is 4.63. The van der Waals surface area contributed by atoms with Crippen molar-refractivity contribution in [2.75, 3.05) is 6.61 Å². The number of ketones is 1. The third-order valence-corrected chi connectivity index (χ3v) is 1.04. The van der Waals surface area contributed by atoms with Crippen LogP contribution >= 0.6 is 0 Å². The number of carbonyl (C=O) groups is 2. The zero-order valence-corrected chi connectivity index (χ0v) is 5.41. The fourth-order valence-corrected chi connectivity index (χ4v) is 0.505. The maximum atomic E-state index is 10.6. The summed E-state index contributed by atoms with van der Waals surface area (Å²) < 4.78 is 0. The first kappa shape index (κ1) is 8.84. The molecule has 1 amide bonds. The second-order valence-electron chi connectivity index (χ2n) is 1.74. The van der Waals surface area contributed by atoms with E-state index in [0.29, 0.717) is 0 Å². The lowest BCUT2D eigenvalue weighted by Gasteiger charge is -2.02. The van der Waals surface area contributed by atoms with Gasteiger partial charge in [0.2, 0.25) is 5.91 Å². The molecule has 4 heteroatoms. The van der Waals surface area contributed by atoms with Crippen LogP contribution in [0.1, 0.15) is 0 Å². The van der Waals surface area contributed by atoms with E-state index in [1.54, 1.807) is 0 Å². The average Bonchev–Trinajstić information content (AvgIpc) is 1.88. The highest BCUT2D eigenvalue weighted by Crippen LogP contribution is 1.96. The number of Topliss-reactive ketones (excluding diaryl/α,β-unsaturated/α-hetero) is 1. The van der Waals surface area contributed by atoms with Crippen LogP contribution in [-0.4, -0.2) is 23.4 Å². The van der Waals surface area contributed by atoms with Crippen LogP contribution in [0.2, 0.25) is 0 Å². The quantitative estimate of drug-likeness (QED) is 0.384. The molecule has 0 spiro atoms. The van der Waals surface area contributed by atoms with Gasteiger partial charge < -0.3 is 10.8 Å². The predicted octanol–water partition coefficient (Wildman–Crippen LogP) is -1.16. The van der Waals surface area contributed by atoms with Gasteiger partial charge in [-0.2, -0.15) is 0 Å². The highest BCUT2D eigenvalue weighted by Gasteiger charge is 2.18. The van der Waals surface area contributed by atoms with Crippen LogP contribution in [0.5, 0.6) is 0 Å². The normalized spacial score (nSPS) is 12.1. The Morgan fingerprint density at radius 3 is 2.30 bits per heavy atom. The Balaban J connectivity index is 4.20. The SMILES string of the molecule is C=CC(C(N)=O)C(=O)CO. The summed E-state index contributed by atoms with van der Waals surface area (Å²) in [7, 11) is 0. The fourth-order valence-electron chi connectivity index (χ4n) is 0.505. The average molecular weight is 143 g/mol. The zero-order chi connectivity index (χ0) is 8.15. The van der Waals surface area contributed by atoms with Gasteiger partial charge in [-0.25, -0.2) is 0 Å². The monoisotopic (exact) mass is 143 g/mol. The van der Waals surface area contributed by atoms with Crippen molar-refractivity contribution >= 4 is 11.7 Å². The second kappa shape index (κ2) is 3.79.